The van der Waals surface area contributed by atoms with Crippen molar-refractivity contribution < 1.29 is 14.5 Å². The highest BCUT2D eigenvalue weighted by Crippen LogP contribution is 2.34. The van der Waals surface area contributed by atoms with Crippen LogP contribution in [0.5, 0.6) is 0 Å². The van der Waals surface area contributed by atoms with Crippen molar-refractivity contribution in [1.82, 2.24) is 9.88 Å². The minimum atomic E-state index is -0.420. The molecule has 4 rings (SSSR count). The highest BCUT2D eigenvalue weighted by atomic mass is 79.9. The molecule has 0 N–H and O–H groups in total. The Morgan fingerprint density at radius 1 is 1.17 bits per heavy atom. The zero-order valence-corrected chi connectivity index (χ0v) is 23.4. The molecule has 9 nitrogen and oxygen atoms in total. The molecule has 1 saturated heterocycles. The Kier molecular flexibility index (Phi) is 10.0. The summed E-state index contributed by atoms with van der Waals surface area (Å²) in [6.07, 6.45) is 0. The summed E-state index contributed by atoms with van der Waals surface area (Å²) in [6, 6.07) is 10.5. The molecule has 1 aliphatic rings. The van der Waals surface area contributed by atoms with Gasteiger partial charge in [0, 0.05) is 42.3 Å². The number of anilines is 2. The first-order valence-corrected chi connectivity index (χ1v) is 13.2. The zero-order chi connectivity index (χ0) is 24.9. The molecule has 1 fully saturated rings. The van der Waals surface area contributed by atoms with Crippen molar-refractivity contribution in [2.24, 2.45) is 0 Å². The van der Waals surface area contributed by atoms with Crippen LogP contribution in [-0.2, 0) is 4.74 Å². The maximum atomic E-state index is 13.7. The van der Waals surface area contributed by atoms with E-state index >= 15 is 0 Å². The van der Waals surface area contributed by atoms with Crippen molar-refractivity contribution in [2.75, 3.05) is 62.3 Å². The van der Waals surface area contributed by atoms with Gasteiger partial charge < -0.3 is 14.5 Å². The first-order chi connectivity index (χ1) is 16.9. The predicted octanol–water partition coefficient (Wildman–Crippen LogP) is 5.21. The van der Waals surface area contributed by atoms with Crippen LogP contribution < -0.4 is 9.80 Å². The molecule has 0 spiro atoms. The van der Waals surface area contributed by atoms with E-state index in [1.165, 1.54) is 17.4 Å². The molecule has 1 aliphatic heterocycles. The first-order valence-electron chi connectivity index (χ1n) is 11.6. The number of carbonyl (C=O) groups is 1. The molecule has 0 bridgehead atoms. The number of nitrogens with zero attached hydrogens (tertiary/aromatic N) is 5. The van der Waals surface area contributed by atoms with E-state index in [1.54, 1.807) is 17.0 Å². The number of nitro benzene ring substituents is 1. The van der Waals surface area contributed by atoms with E-state index in [0.717, 1.165) is 27.8 Å². The van der Waals surface area contributed by atoms with E-state index in [4.69, 9.17) is 9.72 Å². The molecule has 0 saturated carbocycles. The topological polar surface area (TPSA) is 92.0 Å². The molecule has 0 unspecified atom stereocenters. The fraction of sp³-hybridized carbons (Fsp3) is 0.417. The van der Waals surface area contributed by atoms with Crippen LogP contribution in [0, 0.1) is 10.1 Å². The third kappa shape index (κ3) is 6.33. The molecule has 1 aromatic heterocycles. The molecule has 0 radical (unpaired) electrons. The number of nitro groups is 1. The van der Waals surface area contributed by atoms with Crippen molar-refractivity contribution in [3.8, 4) is 0 Å². The van der Waals surface area contributed by atoms with Gasteiger partial charge in [-0.15, -0.1) is 12.4 Å². The van der Waals surface area contributed by atoms with Crippen LogP contribution in [0.25, 0.3) is 10.2 Å². The van der Waals surface area contributed by atoms with Crippen molar-refractivity contribution in [1.29, 1.82) is 0 Å². The molecule has 0 atom stereocenters. The third-order valence-corrected chi connectivity index (χ3v) is 7.65. The normalized spacial score (nSPS) is 13.6. The highest BCUT2D eigenvalue weighted by molar-refractivity contribution is 9.10. The van der Waals surface area contributed by atoms with Crippen LogP contribution in [0.4, 0.5) is 16.5 Å². The maximum absolute atomic E-state index is 13.7. The number of thiazole rings is 1. The molecular weight excluding hydrogens is 570 g/mol. The number of rotatable bonds is 9. The number of likely N-dealkylation sites (N-methyl/N-ethyl adjacent to an activating group) is 1. The van der Waals surface area contributed by atoms with Gasteiger partial charge >= 0.3 is 0 Å². The third-order valence-electron chi connectivity index (χ3n) is 6.12. The predicted molar refractivity (Wildman–Crippen MR) is 150 cm³/mol. The minimum Gasteiger partial charge on any atom is -0.378 e. The highest BCUT2D eigenvalue weighted by Gasteiger charge is 2.27. The second-order valence-corrected chi connectivity index (χ2v) is 10.1. The quantitative estimate of drug-likeness (QED) is 0.247. The fourth-order valence-electron chi connectivity index (χ4n) is 4.10. The van der Waals surface area contributed by atoms with Crippen molar-refractivity contribution in [3.63, 3.8) is 0 Å². The molecule has 194 valence electrons. The smallest absolute Gasteiger partial charge is 0.293 e. The van der Waals surface area contributed by atoms with Crippen LogP contribution in [0.15, 0.2) is 40.9 Å². The maximum Gasteiger partial charge on any atom is 0.293 e. The summed E-state index contributed by atoms with van der Waals surface area (Å²) < 4.78 is 7.28. The Labute approximate surface area is 228 Å². The molecule has 12 heteroatoms. The average Bonchev–Trinajstić information content (AvgIpc) is 3.29. The second kappa shape index (κ2) is 12.8. The Morgan fingerprint density at radius 3 is 2.56 bits per heavy atom. The van der Waals surface area contributed by atoms with Crippen LogP contribution in [-0.4, -0.2) is 73.2 Å². The number of aromatic nitrogens is 1. The molecule has 0 aliphatic carbocycles. The molecular formula is C24H29BrClN5O4S. The van der Waals surface area contributed by atoms with E-state index < -0.39 is 4.92 Å². The number of carbonyl (C=O) groups excluding carboxylic acids is 1. The Balaban J connectivity index is 0.00000361. The molecule has 3 aromatic rings. The zero-order valence-electron chi connectivity index (χ0n) is 20.2. The van der Waals surface area contributed by atoms with Crippen LogP contribution in [0.3, 0.4) is 0 Å². The van der Waals surface area contributed by atoms with Gasteiger partial charge in [0.05, 0.1) is 28.4 Å². The number of benzene rings is 2. The number of hydrogen-bond acceptors (Lipinski definition) is 8. The van der Waals surface area contributed by atoms with Gasteiger partial charge in [0.25, 0.3) is 11.6 Å². The van der Waals surface area contributed by atoms with Gasteiger partial charge in [-0.1, -0.05) is 41.1 Å². The van der Waals surface area contributed by atoms with Gasteiger partial charge in [0.2, 0.25) is 0 Å². The lowest BCUT2D eigenvalue weighted by atomic mass is 10.1. The summed E-state index contributed by atoms with van der Waals surface area (Å²) in [5, 5.41) is 12.5. The van der Waals surface area contributed by atoms with Gasteiger partial charge in [-0.05, 0) is 43.4 Å². The van der Waals surface area contributed by atoms with Gasteiger partial charge in [-0.3, -0.25) is 19.8 Å². The lowest BCUT2D eigenvalue weighted by molar-refractivity contribution is -0.384. The van der Waals surface area contributed by atoms with E-state index in [9.17, 15) is 14.9 Å². The summed E-state index contributed by atoms with van der Waals surface area (Å²) >= 11 is 4.93. The summed E-state index contributed by atoms with van der Waals surface area (Å²) in [5.41, 5.74) is 1.51. The largest absolute Gasteiger partial charge is 0.378 e. The summed E-state index contributed by atoms with van der Waals surface area (Å²) in [5.74, 6) is -0.299. The monoisotopic (exact) mass is 597 g/mol. The Bertz CT molecular complexity index is 1220. The molecule has 36 heavy (non-hydrogen) atoms. The second-order valence-electron chi connectivity index (χ2n) is 8.15. The van der Waals surface area contributed by atoms with Crippen molar-refractivity contribution >= 4 is 72.3 Å². The number of fused-ring (bicyclic) bond motifs is 1. The number of hydrogen-bond donors (Lipinski definition) is 0. The van der Waals surface area contributed by atoms with E-state index in [1.807, 2.05) is 23.1 Å². The van der Waals surface area contributed by atoms with Gasteiger partial charge in [-0.2, -0.15) is 0 Å². The summed E-state index contributed by atoms with van der Waals surface area (Å²) in [7, 11) is 0. The van der Waals surface area contributed by atoms with Crippen LogP contribution in [0.2, 0.25) is 0 Å². The summed E-state index contributed by atoms with van der Waals surface area (Å²) in [6.45, 7) is 9.19. The van der Waals surface area contributed by atoms with Gasteiger partial charge in [0.15, 0.2) is 5.13 Å². The van der Waals surface area contributed by atoms with Gasteiger partial charge in [-0.25, -0.2) is 4.98 Å². The van der Waals surface area contributed by atoms with Crippen LogP contribution in [0.1, 0.15) is 24.2 Å². The van der Waals surface area contributed by atoms with E-state index in [2.05, 4.69) is 34.7 Å². The van der Waals surface area contributed by atoms with Gasteiger partial charge in [0.1, 0.15) is 5.69 Å². The molecule has 1 amide bonds. The average molecular weight is 599 g/mol. The van der Waals surface area contributed by atoms with Crippen molar-refractivity contribution in [3.05, 3.63) is 56.5 Å². The number of halogens is 2. The lowest BCUT2D eigenvalue weighted by Crippen LogP contribution is -2.39. The van der Waals surface area contributed by atoms with E-state index in [-0.39, 0.29) is 29.6 Å². The first kappa shape index (κ1) is 28.3. The van der Waals surface area contributed by atoms with E-state index in [0.29, 0.717) is 50.2 Å². The van der Waals surface area contributed by atoms with Crippen LogP contribution >= 0.6 is 39.7 Å². The standard InChI is InChI=1S/C24H28BrN5O4S.ClH/c1-3-27(4-2)9-10-29(24-26-19-7-6-18(25)16-22(19)35-24)23(31)17-5-8-20(21(15-17)30(32)33)28-11-13-34-14-12-28;/h5-8,15-16H,3-4,9-14H2,1-2H3;1H. The number of morpholine rings is 1. The van der Waals surface area contributed by atoms with Crippen molar-refractivity contribution in [2.45, 2.75) is 13.8 Å². The summed E-state index contributed by atoms with van der Waals surface area (Å²) in [4.78, 5) is 35.8. The molecule has 2 aromatic carbocycles. The number of ether oxygens (including phenoxy) is 1. The fourth-order valence-corrected chi connectivity index (χ4v) is 5.64. The lowest BCUT2D eigenvalue weighted by Gasteiger charge is -2.29. The Morgan fingerprint density at radius 2 is 1.89 bits per heavy atom. The number of amides is 1. The Hall–Kier alpha value is -2.31. The SMILES string of the molecule is CCN(CC)CCN(C(=O)c1ccc(N2CCOCC2)c([N+](=O)[O-])c1)c1nc2ccc(Br)cc2s1.Cl. The minimum absolute atomic E-state index is 0. The molecule has 2 heterocycles.